The Kier molecular flexibility index (Phi) is 6.47. The zero-order chi connectivity index (χ0) is 18.2. The molecule has 2 N–H and O–H groups in total. The van der Waals surface area contributed by atoms with Crippen molar-refractivity contribution in [1.29, 1.82) is 0 Å². The molecule has 1 aromatic heterocycles. The molecule has 7 heteroatoms. The molecule has 1 heterocycles. The maximum Gasteiger partial charge on any atom is 0.331 e. The van der Waals surface area contributed by atoms with Crippen molar-refractivity contribution in [3.05, 3.63) is 52.7 Å². The van der Waals surface area contributed by atoms with Crippen molar-refractivity contribution in [2.45, 2.75) is 20.0 Å². The molecule has 0 radical (unpaired) electrons. The van der Waals surface area contributed by atoms with Crippen molar-refractivity contribution in [2.24, 2.45) is 0 Å². The minimum absolute atomic E-state index is 0.173. The van der Waals surface area contributed by atoms with Crippen molar-refractivity contribution >= 4 is 46.6 Å². The number of carbonyl (C=O) groups excluding carboxylic acids is 3. The fourth-order valence-corrected chi connectivity index (χ4v) is 2.51. The maximum atomic E-state index is 12.1. The molecule has 0 spiro atoms. The van der Waals surface area contributed by atoms with E-state index in [-0.39, 0.29) is 5.91 Å². The van der Waals surface area contributed by atoms with Crippen LogP contribution in [0.3, 0.4) is 0 Å². The van der Waals surface area contributed by atoms with Crippen LogP contribution < -0.4 is 10.6 Å². The van der Waals surface area contributed by atoms with Crippen LogP contribution in [0.1, 0.15) is 19.4 Å². The summed E-state index contributed by atoms with van der Waals surface area (Å²) in [5.74, 6) is -1.20. The first-order chi connectivity index (χ1) is 11.9. The minimum Gasteiger partial charge on any atom is -0.449 e. The lowest BCUT2D eigenvalue weighted by Crippen LogP contribution is -2.29. The molecule has 2 rings (SSSR count). The Morgan fingerprint density at radius 3 is 2.28 bits per heavy atom. The number of thiophene rings is 1. The van der Waals surface area contributed by atoms with E-state index in [4.69, 9.17) is 4.74 Å². The van der Waals surface area contributed by atoms with Gasteiger partial charge in [0.1, 0.15) is 0 Å². The molecular weight excluding hydrogens is 340 g/mol. The second kappa shape index (κ2) is 8.79. The van der Waals surface area contributed by atoms with Gasteiger partial charge in [-0.25, -0.2) is 4.79 Å². The summed E-state index contributed by atoms with van der Waals surface area (Å²) >= 11 is 1.52. The lowest BCUT2D eigenvalue weighted by atomic mass is 10.2. The summed E-state index contributed by atoms with van der Waals surface area (Å²) in [6.45, 7) is 2.91. The van der Waals surface area contributed by atoms with E-state index < -0.39 is 18.0 Å². The second-order valence-corrected chi connectivity index (χ2v) is 6.00. The number of hydrogen-bond donors (Lipinski definition) is 2. The van der Waals surface area contributed by atoms with Crippen LogP contribution in [0.4, 0.5) is 11.4 Å². The van der Waals surface area contributed by atoms with Gasteiger partial charge in [-0.3, -0.25) is 9.59 Å². The van der Waals surface area contributed by atoms with E-state index in [1.165, 1.54) is 31.3 Å². The van der Waals surface area contributed by atoms with Gasteiger partial charge in [0.05, 0.1) is 0 Å². The Morgan fingerprint density at radius 2 is 1.72 bits per heavy atom. The third-order valence-electron chi connectivity index (χ3n) is 3.09. The Morgan fingerprint density at radius 1 is 1.08 bits per heavy atom. The minimum atomic E-state index is -0.936. The highest BCUT2D eigenvalue weighted by molar-refractivity contribution is 7.08. The fourth-order valence-electron chi connectivity index (χ4n) is 1.89. The number of benzene rings is 1. The van der Waals surface area contributed by atoms with Crippen molar-refractivity contribution in [3.63, 3.8) is 0 Å². The van der Waals surface area contributed by atoms with Gasteiger partial charge >= 0.3 is 5.97 Å². The predicted octanol–water partition coefficient (Wildman–Crippen LogP) is 3.29. The molecular formula is C18H18N2O4S. The van der Waals surface area contributed by atoms with Crippen LogP contribution in [0.15, 0.2) is 47.2 Å². The average Bonchev–Trinajstić information content (AvgIpc) is 3.07. The first kappa shape index (κ1) is 18.4. The van der Waals surface area contributed by atoms with Crippen LogP contribution in [0.25, 0.3) is 6.08 Å². The Labute approximate surface area is 149 Å². The molecule has 0 aliphatic heterocycles. The number of anilines is 2. The quantitative estimate of drug-likeness (QED) is 0.613. The van der Waals surface area contributed by atoms with E-state index in [0.717, 1.165) is 5.56 Å². The molecule has 2 amide bonds. The second-order valence-electron chi connectivity index (χ2n) is 5.22. The summed E-state index contributed by atoms with van der Waals surface area (Å²) < 4.78 is 5.07. The number of ether oxygens (including phenoxy) is 1. The Balaban J connectivity index is 1.85. The summed E-state index contributed by atoms with van der Waals surface area (Å²) in [5, 5.41) is 9.07. The summed E-state index contributed by atoms with van der Waals surface area (Å²) in [6, 6.07) is 8.49. The Hall–Kier alpha value is -2.93. The standard InChI is InChI=1S/C18H18N2O4S/c1-12(24-17(22)8-3-14-9-10-25-11-14)18(23)20-16-6-4-15(5-7-16)19-13(2)21/h3-12H,1-2H3,(H,19,21)(H,20,23)/b8-3+/t12-/m0/s1. The largest absolute Gasteiger partial charge is 0.449 e. The van der Waals surface area contributed by atoms with Gasteiger partial charge in [0.25, 0.3) is 5.91 Å². The highest BCUT2D eigenvalue weighted by Gasteiger charge is 2.16. The number of esters is 1. The third kappa shape index (κ3) is 6.23. The van der Waals surface area contributed by atoms with E-state index >= 15 is 0 Å². The lowest BCUT2D eigenvalue weighted by molar-refractivity contribution is -0.148. The van der Waals surface area contributed by atoms with E-state index in [1.807, 2.05) is 16.8 Å². The monoisotopic (exact) mass is 358 g/mol. The number of carbonyl (C=O) groups is 3. The number of amides is 2. The van der Waals surface area contributed by atoms with Crippen LogP contribution >= 0.6 is 11.3 Å². The average molecular weight is 358 g/mol. The topological polar surface area (TPSA) is 84.5 Å². The molecule has 0 bridgehead atoms. The summed E-state index contributed by atoms with van der Waals surface area (Å²) in [7, 11) is 0. The van der Waals surface area contributed by atoms with Gasteiger partial charge in [-0.1, -0.05) is 0 Å². The number of rotatable bonds is 6. The molecule has 0 saturated carbocycles. The van der Waals surface area contributed by atoms with Gasteiger partial charge in [-0.05, 0) is 59.7 Å². The van der Waals surface area contributed by atoms with Crippen LogP contribution in [-0.2, 0) is 19.1 Å². The van der Waals surface area contributed by atoms with E-state index in [1.54, 1.807) is 30.3 Å². The summed E-state index contributed by atoms with van der Waals surface area (Å²) in [5.41, 5.74) is 2.07. The van der Waals surface area contributed by atoms with E-state index in [9.17, 15) is 14.4 Å². The summed E-state index contributed by atoms with van der Waals surface area (Å²) in [6.07, 6.45) is 1.98. The highest BCUT2D eigenvalue weighted by Crippen LogP contribution is 2.14. The zero-order valence-electron chi connectivity index (χ0n) is 13.8. The highest BCUT2D eigenvalue weighted by atomic mass is 32.1. The number of hydrogen-bond acceptors (Lipinski definition) is 5. The predicted molar refractivity (Wildman–Crippen MR) is 98.3 cm³/mol. The smallest absolute Gasteiger partial charge is 0.331 e. The van der Waals surface area contributed by atoms with Crippen molar-refractivity contribution in [2.75, 3.05) is 10.6 Å². The zero-order valence-corrected chi connectivity index (χ0v) is 14.6. The maximum absolute atomic E-state index is 12.1. The Bertz CT molecular complexity index is 767. The first-order valence-corrected chi connectivity index (χ1v) is 8.48. The molecule has 2 aromatic rings. The normalized spacial score (nSPS) is 11.8. The van der Waals surface area contributed by atoms with E-state index in [2.05, 4.69) is 10.6 Å². The van der Waals surface area contributed by atoms with Crippen molar-refractivity contribution in [1.82, 2.24) is 0 Å². The molecule has 6 nitrogen and oxygen atoms in total. The molecule has 130 valence electrons. The van der Waals surface area contributed by atoms with Crippen molar-refractivity contribution in [3.8, 4) is 0 Å². The molecule has 0 unspecified atom stereocenters. The van der Waals surface area contributed by atoms with Crippen LogP contribution in [0.2, 0.25) is 0 Å². The molecule has 0 fully saturated rings. The third-order valence-corrected chi connectivity index (χ3v) is 3.79. The first-order valence-electron chi connectivity index (χ1n) is 7.53. The van der Waals surface area contributed by atoms with Crippen molar-refractivity contribution < 1.29 is 19.1 Å². The molecule has 0 saturated heterocycles. The summed E-state index contributed by atoms with van der Waals surface area (Å²) in [4.78, 5) is 34.8. The SMILES string of the molecule is CC(=O)Nc1ccc(NC(=O)[C@H](C)OC(=O)/C=C/c2ccsc2)cc1. The van der Waals surface area contributed by atoms with Crippen LogP contribution in [0.5, 0.6) is 0 Å². The van der Waals surface area contributed by atoms with Gasteiger partial charge in [0.15, 0.2) is 6.10 Å². The number of nitrogens with one attached hydrogen (secondary N) is 2. The molecule has 1 atom stereocenters. The molecule has 0 aliphatic rings. The molecule has 0 aliphatic carbocycles. The van der Waals surface area contributed by atoms with Gasteiger partial charge in [-0.2, -0.15) is 11.3 Å². The molecule has 1 aromatic carbocycles. The lowest BCUT2D eigenvalue weighted by Gasteiger charge is -2.12. The van der Waals surface area contributed by atoms with E-state index in [0.29, 0.717) is 11.4 Å². The van der Waals surface area contributed by atoms with Gasteiger partial charge < -0.3 is 15.4 Å². The van der Waals surface area contributed by atoms with Crippen LogP contribution in [0, 0.1) is 0 Å². The van der Waals surface area contributed by atoms with Gasteiger partial charge in [-0.15, -0.1) is 0 Å². The van der Waals surface area contributed by atoms with Gasteiger partial charge in [0.2, 0.25) is 5.91 Å². The fraction of sp³-hybridized carbons (Fsp3) is 0.167. The van der Waals surface area contributed by atoms with Crippen LogP contribution in [-0.4, -0.2) is 23.9 Å². The van der Waals surface area contributed by atoms with Gasteiger partial charge in [0, 0.05) is 24.4 Å². The molecule has 25 heavy (non-hydrogen) atoms.